The Balaban J connectivity index is 2.67. The normalized spacial score (nSPS) is 12.2. The van der Waals surface area contributed by atoms with E-state index in [-0.39, 0.29) is 17.5 Å². The first-order valence-corrected chi connectivity index (χ1v) is 6.90. The number of nitrogens with one attached hydrogen (secondary N) is 2. The van der Waals surface area contributed by atoms with E-state index in [0.717, 1.165) is 24.3 Å². The van der Waals surface area contributed by atoms with Crippen molar-refractivity contribution in [2.24, 2.45) is 0 Å². The van der Waals surface area contributed by atoms with Gasteiger partial charge in [0.15, 0.2) is 0 Å². The molecule has 2 N–H and O–H groups in total. The van der Waals surface area contributed by atoms with Crippen LogP contribution in [0.25, 0.3) is 0 Å². The minimum Gasteiger partial charge on any atom is -0.497 e. The Hall–Kier alpha value is -2.48. The van der Waals surface area contributed by atoms with Gasteiger partial charge in [-0.3, -0.25) is 4.79 Å². The van der Waals surface area contributed by atoms with Gasteiger partial charge in [-0.2, -0.15) is 5.26 Å². The van der Waals surface area contributed by atoms with Gasteiger partial charge in [-0.05, 0) is 31.0 Å². The second-order valence-electron chi connectivity index (χ2n) is 4.59. The summed E-state index contributed by atoms with van der Waals surface area (Å²) in [6.07, 6.45) is 2.39. The van der Waals surface area contributed by atoms with Crippen LogP contribution in [-0.2, 0) is 4.79 Å². The molecule has 1 aromatic carbocycles. The third kappa shape index (κ3) is 5.19. The van der Waals surface area contributed by atoms with E-state index in [1.807, 2.05) is 44.2 Å². The molecule has 1 amide bonds. The number of nitrogens with zero attached hydrogens (tertiary/aromatic N) is 1. The van der Waals surface area contributed by atoms with Crippen LogP contribution >= 0.6 is 0 Å². The first kappa shape index (κ1) is 16.6. The quantitative estimate of drug-likeness (QED) is 0.458. The Morgan fingerprint density at radius 3 is 2.62 bits per heavy atom. The number of benzene rings is 1. The lowest BCUT2D eigenvalue weighted by atomic mass is 10.1. The maximum atomic E-state index is 12.0. The molecule has 21 heavy (non-hydrogen) atoms. The van der Waals surface area contributed by atoms with Crippen molar-refractivity contribution in [3.63, 3.8) is 0 Å². The van der Waals surface area contributed by atoms with Crippen molar-refractivity contribution < 1.29 is 9.53 Å². The van der Waals surface area contributed by atoms with Crippen molar-refractivity contribution in [2.75, 3.05) is 13.7 Å². The lowest BCUT2D eigenvalue weighted by Crippen LogP contribution is -2.28. The molecule has 5 nitrogen and oxygen atoms in total. The molecule has 0 bridgehead atoms. The number of nitriles is 1. The second kappa shape index (κ2) is 8.64. The third-order valence-electron chi connectivity index (χ3n) is 2.97. The third-order valence-corrected chi connectivity index (χ3v) is 2.97. The van der Waals surface area contributed by atoms with E-state index < -0.39 is 0 Å². The Kier molecular flexibility index (Phi) is 6.82. The molecule has 0 aromatic heterocycles. The highest BCUT2D eigenvalue weighted by Crippen LogP contribution is 2.17. The first-order chi connectivity index (χ1) is 10.1. The highest BCUT2D eigenvalue weighted by Gasteiger charge is 2.13. The Bertz CT molecular complexity index is 529. The fraction of sp³-hybridized carbons (Fsp3) is 0.375. The summed E-state index contributed by atoms with van der Waals surface area (Å²) in [5.41, 5.74) is 1.02. The molecule has 0 saturated heterocycles. The Morgan fingerprint density at radius 1 is 1.43 bits per heavy atom. The van der Waals surface area contributed by atoms with Crippen LogP contribution in [0.4, 0.5) is 0 Å². The minimum atomic E-state index is -0.385. The van der Waals surface area contributed by atoms with Crippen molar-refractivity contribution >= 4 is 5.91 Å². The van der Waals surface area contributed by atoms with Crippen LogP contribution in [0.3, 0.4) is 0 Å². The zero-order valence-corrected chi connectivity index (χ0v) is 12.6. The summed E-state index contributed by atoms with van der Waals surface area (Å²) in [6.45, 7) is 4.61. The maximum Gasteiger partial charge on any atom is 0.263 e. The van der Waals surface area contributed by atoms with E-state index in [4.69, 9.17) is 10.00 Å². The summed E-state index contributed by atoms with van der Waals surface area (Å²) < 4.78 is 5.09. The summed E-state index contributed by atoms with van der Waals surface area (Å²) >= 11 is 0. The summed E-state index contributed by atoms with van der Waals surface area (Å²) in [6, 6.07) is 9.15. The highest BCUT2D eigenvalue weighted by molar-refractivity contribution is 5.97. The fourth-order valence-electron chi connectivity index (χ4n) is 1.72. The molecule has 1 rings (SSSR count). The molecule has 0 radical (unpaired) electrons. The van der Waals surface area contributed by atoms with Crippen LogP contribution in [0.15, 0.2) is 36.0 Å². The molecule has 1 aromatic rings. The number of carbonyl (C=O) groups is 1. The van der Waals surface area contributed by atoms with Crippen LogP contribution in [0, 0.1) is 11.3 Å². The standard InChI is InChI=1S/C16H21N3O2/c1-4-9-18-11-14(10-17)16(20)19-12(2)13-5-7-15(21-3)8-6-13/h5-8,11-12,18H,4,9H2,1-3H3,(H,19,20)/b14-11-. The average Bonchev–Trinajstić information content (AvgIpc) is 2.51. The van der Waals surface area contributed by atoms with Crippen LogP contribution in [-0.4, -0.2) is 19.6 Å². The topological polar surface area (TPSA) is 74.2 Å². The predicted molar refractivity (Wildman–Crippen MR) is 81.5 cm³/mol. The van der Waals surface area contributed by atoms with Gasteiger partial charge < -0.3 is 15.4 Å². The summed E-state index contributed by atoms with van der Waals surface area (Å²) in [4.78, 5) is 12.0. The molecule has 0 fully saturated rings. The van der Waals surface area contributed by atoms with Crippen LogP contribution < -0.4 is 15.4 Å². The van der Waals surface area contributed by atoms with E-state index in [1.54, 1.807) is 7.11 Å². The zero-order chi connectivity index (χ0) is 15.7. The summed E-state index contributed by atoms with van der Waals surface area (Å²) in [7, 11) is 1.60. The van der Waals surface area contributed by atoms with Crippen LogP contribution in [0.5, 0.6) is 5.75 Å². The zero-order valence-electron chi connectivity index (χ0n) is 12.6. The van der Waals surface area contributed by atoms with Crippen molar-refractivity contribution in [1.29, 1.82) is 5.26 Å². The van der Waals surface area contributed by atoms with Gasteiger partial charge in [0.05, 0.1) is 13.2 Å². The molecule has 0 spiro atoms. The molecule has 0 saturated carbocycles. The number of hydrogen-bond donors (Lipinski definition) is 2. The fourth-order valence-corrected chi connectivity index (χ4v) is 1.72. The van der Waals surface area contributed by atoms with Crippen molar-refractivity contribution in [3.8, 4) is 11.8 Å². The molecule has 0 heterocycles. The van der Waals surface area contributed by atoms with E-state index >= 15 is 0 Å². The molecule has 1 unspecified atom stereocenters. The second-order valence-corrected chi connectivity index (χ2v) is 4.59. The van der Waals surface area contributed by atoms with E-state index in [9.17, 15) is 4.79 Å². The summed E-state index contributed by atoms with van der Waals surface area (Å²) in [5.74, 6) is 0.378. The first-order valence-electron chi connectivity index (χ1n) is 6.90. The number of ether oxygens (including phenoxy) is 1. The largest absolute Gasteiger partial charge is 0.497 e. The summed E-state index contributed by atoms with van der Waals surface area (Å²) in [5, 5.41) is 14.7. The molecule has 1 atom stereocenters. The van der Waals surface area contributed by atoms with Gasteiger partial charge >= 0.3 is 0 Å². The van der Waals surface area contributed by atoms with Gasteiger partial charge in [-0.1, -0.05) is 19.1 Å². The number of rotatable bonds is 7. The van der Waals surface area contributed by atoms with E-state index in [0.29, 0.717) is 0 Å². The van der Waals surface area contributed by atoms with Gasteiger partial charge in [0.2, 0.25) is 0 Å². The molecule has 0 aliphatic rings. The Labute approximate surface area is 125 Å². The van der Waals surface area contributed by atoms with E-state index in [2.05, 4.69) is 10.6 Å². The van der Waals surface area contributed by atoms with Crippen molar-refractivity contribution in [1.82, 2.24) is 10.6 Å². The molecule has 0 aliphatic heterocycles. The van der Waals surface area contributed by atoms with Crippen LogP contribution in [0.1, 0.15) is 31.9 Å². The molecule has 0 aliphatic carbocycles. The lowest BCUT2D eigenvalue weighted by molar-refractivity contribution is -0.117. The smallest absolute Gasteiger partial charge is 0.263 e. The highest BCUT2D eigenvalue weighted by atomic mass is 16.5. The Morgan fingerprint density at radius 2 is 2.10 bits per heavy atom. The van der Waals surface area contributed by atoms with Crippen molar-refractivity contribution in [2.45, 2.75) is 26.3 Å². The number of hydrogen-bond acceptors (Lipinski definition) is 4. The SMILES string of the molecule is CCCN/C=C(/C#N)C(=O)NC(C)c1ccc(OC)cc1. The van der Waals surface area contributed by atoms with Crippen LogP contribution in [0.2, 0.25) is 0 Å². The average molecular weight is 287 g/mol. The van der Waals surface area contributed by atoms with Gasteiger partial charge in [0.1, 0.15) is 17.4 Å². The molecule has 5 heteroatoms. The van der Waals surface area contributed by atoms with Crippen molar-refractivity contribution in [3.05, 3.63) is 41.6 Å². The number of carbonyl (C=O) groups excluding carboxylic acids is 1. The molecular weight excluding hydrogens is 266 g/mol. The monoisotopic (exact) mass is 287 g/mol. The van der Waals surface area contributed by atoms with Gasteiger partial charge in [-0.25, -0.2) is 0 Å². The number of amides is 1. The van der Waals surface area contributed by atoms with Gasteiger partial charge in [0, 0.05) is 12.7 Å². The van der Waals surface area contributed by atoms with Gasteiger partial charge in [0.25, 0.3) is 5.91 Å². The molecular formula is C16H21N3O2. The predicted octanol–water partition coefficient (Wildman–Crippen LogP) is 2.28. The number of methoxy groups -OCH3 is 1. The molecule has 112 valence electrons. The van der Waals surface area contributed by atoms with Gasteiger partial charge in [-0.15, -0.1) is 0 Å². The lowest BCUT2D eigenvalue weighted by Gasteiger charge is -2.14. The maximum absolute atomic E-state index is 12.0. The van der Waals surface area contributed by atoms with E-state index in [1.165, 1.54) is 6.20 Å². The minimum absolute atomic E-state index is 0.0730.